The molecule has 15 heavy (non-hydrogen) atoms. The topological polar surface area (TPSA) is 55.4 Å². The number of allylic oxidation sites excluding steroid dienone is 3. The standard InChI is InChI=1S/C11H17NO3/c1-4-6-7-8-10(13)12-9(3)11(14)15-5-2/h4,6-9H,5H2,1-3H3,(H,12,13). The van der Waals surface area contributed by atoms with E-state index in [0.717, 1.165) is 0 Å². The molecule has 0 aliphatic rings. The highest BCUT2D eigenvalue weighted by Crippen LogP contribution is 1.88. The highest BCUT2D eigenvalue weighted by atomic mass is 16.5. The highest BCUT2D eigenvalue weighted by Gasteiger charge is 2.14. The molecule has 0 saturated carbocycles. The molecule has 0 heterocycles. The SMILES string of the molecule is CC=CC=CC(=O)NC(C)C(=O)OCC. The fourth-order valence-electron chi connectivity index (χ4n) is 0.842. The Labute approximate surface area is 90.0 Å². The van der Waals surface area contributed by atoms with Crippen molar-refractivity contribution < 1.29 is 14.3 Å². The van der Waals surface area contributed by atoms with Gasteiger partial charge in [0.1, 0.15) is 6.04 Å². The van der Waals surface area contributed by atoms with Crippen LogP contribution in [0.1, 0.15) is 20.8 Å². The van der Waals surface area contributed by atoms with Gasteiger partial charge in [-0.15, -0.1) is 0 Å². The van der Waals surface area contributed by atoms with Crippen LogP contribution in [-0.2, 0) is 14.3 Å². The third-order valence-electron chi connectivity index (χ3n) is 1.55. The molecule has 0 radical (unpaired) electrons. The van der Waals surface area contributed by atoms with E-state index < -0.39 is 12.0 Å². The summed E-state index contributed by atoms with van der Waals surface area (Å²) in [5, 5.41) is 2.49. The van der Waals surface area contributed by atoms with Crippen molar-refractivity contribution in [3.05, 3.63) is 24.3 Å². The zero-order valence-electron chi connectivity index (χ0n) is 9.32. The third kappa shape index (κ3) is 6.49. The molecular formula is C11H17NO3. The number of carbonyl (C=O) groups excluding carboxylic acids is 2. The van der Waals surface area contributed by atoms with E-state index in [4.69, 9.17) is 4.74 Å². The molecule has 1 N–H and O–H groups in total. The van der Waals surface area contributed by atoms with Crippen molar-refractivity contribution in [2.24, 2.45) is 0 Å². The van der Waals surface area contributed by atoms with Gasteiger partial charge >= 0.3 is 5.97 Å². The Morgan fingerprint density at radius 3 is 2.60 bits per heavy atom. The number of esters is 1. The van der Waals surface area contributed by atoms with Gasteiger partial charge in [-0.25, -0.2) is 4.79 Å². The first-order valence-electron chi connectivity index (χ1n) is 4.88. The van der Waals surface area contributed by atoms with Crippen LogP contribution in [-0.4, -0.2) is 24.5 Å². The quantitative estimate of drug-likeness (QED) is 0.422. The second-order valence-corrected chi connectivity index (χ2v) is 2.87. The van der Waals surface area contributed by atoms with Gasteiger partial charge in [0, 0.05) is 6.08 Å². The van der Waals surface area contributed by atoms with Gasteiger partial charge in [0.2, 0.25) is 5.91 Å². The summed E-state index contributed by atoms with van der Waals surface area (Å²) < 4.78 is 4.74. The van der Waals surface area contributed by atoms with Gasteiger partial charge in [0.25, 0.3) is 0 Å². The summed E-state index contributed by atoms with van der Waals surface area (Å²) in [5.41, 5.74) is 0. The molecule has 0 aromatic heterocycles. The zero-order chi connectivity index (χ0) is 11.7. The minimum Gasteiger partial charge on any atom is -0.464 e. The first kappa shape index (κ1) is 13.4. The summed E-state index contributed by atoms with van der Waals surface area (Å²) >= 11 is 0. The van der Waals surface area contributed by atoms with Gasteiger partial charge < -0.3 is 10.1 Å². The van der Waals surface area contributed by atoms with Crippen LogP contribution < -0.4 is 5.32 Å². The average Bonchev–Trinajstić information content (AvgIpc) is 2.18. The summed E-state index contributed by atoms with van der Waals surface area (Å²) in [7, 11) is 0. The largest absolute Gasteiger partial charge is 0.464 e. The minimum atomic E-state index is -0.618. The van der Waals surface area contributed by atoms with Gasteiger partial charge in [-0.1, -0.05) is 18.2 Å². The van der Waals surface area contributed by atoms with E-state index in [1.54, 1.807) is 32.1 Å². The Morgan fingerprint density at radius 1 is 1.40 bits per heavy atom. The molecular weight excluding hydrogens is 194 g/mol. The van der Waals surface area contributed by atoms with E-state index in [9.17, 15) is 9.59 Å². The van der Waals surface area contributed by atoms with E-state index in [0.29, 0.717) is 6.61 Å². The van der Waals surface area contributed by atoms with Crippen molar-refractivity contribution in [1.82, 2.24) is 5.32 Å². The van der Waals surface area contributed by atoms with Crippen LogP contribution in [0.2, 0.25) is 0 Å². The van der Waals surface area contributed by atoms with Gasteiger partial charge in [0.05, 0.1) is 6.61 Å². The molecule has 1 unspecified atom stereocenters. The lowest BCUT2D eigenvalue weighted by Crippen LogP contribution is -2.38. The molecule has 4 heteroatoms. The molecule has 0 aromatic carbocycles. The van der Waals surface area contributed by atoms with Crippen molar-refractivity contribution in [1.29, 1.82) is 0 Å². The monoisotopic (exact) mass is 211 g/mol. The smallest absolute Gasteiger partial charge is 0.328 e. The Balaban J connectivity index is 4.01. The maximum atomic E-state index is 11.2. The fourth-order valence-corrected chi connectivity index (χ4v) is 0.842. The lowest BCUT2D eigenvalue weighted by molar-refractivity contribution is -0.146. The molecule has 0 aliphatic heterocycles. The van der Waals surface area contributed by atoms with Gasteiger partial charge in [-0.3, -0.25) is 4.79 Å². The minimum absolute atomic E-state index is 0.311. The van der Waals surface area contributed by atoms with Crippen LogP contribution in [0.4, 0.5) is 0 Å². The summed E-state index contributed by atoms with van der Waals surface area (Å²) in [5.74, 6) is -0.737. The molecule has 0 bridgehead atoms. The maximum absolute atomic E-state index is 11.2. The fraction of sp³-hybridized carbons (Fsp3) is 0.455. The number of amides is 1. The van der Waals surface area contributed by atoms with Crippen molar-refractivity contribution in [2.45, 2.75) is 26.8 Å². The normalized spacial score (nSPS) is 13.0. The average molecular weight is 211 g/mol. The van der Waals surface area contributed by atoms with Gasteiger partial charge in [0.15, 0.2) is 0 Å². The predicted molar refractivity (Wildman–Crippen MR) is 58.2 cm³/mol. The second-order valence-electron chi connectivity index (χ2n) is 2.87. The third-order valence-corrected chi connectivity index (χ3v) is 1.55. The Morgan fingerprint density at radius 2 is 2.07 bits per heavy atom. The first-order chi connectivity index (χ1) is 7.11. The summed E-state index contributed by atoms with van der Waals surface area (Å²) in [6, 6.07) is -0.618. The summed E-state index contributed by atoms with van der Waals surface area (Å²) in [6.07, 6.45) is 6.50. The Bertz CT molecular complexity index is 269. The lowest BCUT2D eigenvalue weighted by atomic mass is 10.3. The molecule has 0 aromatic rings. The van der Waals surface area contributed by atoms with Crippen LogP contribution in [0, 0.1) is 0 Å². The van der Waals surface area contributed by atoms with E-state index in [1.165, 1.54) is 6.08 Å². The zero-order valence-corrected chi connectivity index (χ0v) is 9.32. The summed E-state index contributed by atoms with van der Waals surface area (Å²) in [4.78, 5) is 22.3. The molecule has 1 amide bonds. The van der Waals surface area contributed by atoms with Crippen molar-refractivity contribution >= 4 is 11.9 Å². The molecule has 0 aliphatic carbocycles. The molecule has 0 saturated heterocycles. The van der Waals surface area contributed by atoms with E-state index >= 15 is 0 Å². The molecule has 84 valence electrons. The van der Waals surface area contributed by atoms with E-state index in [2.05, 4.69) is 5.32 Å². The van der Waals surface area contributed by atoms with Crippen LogP contribution in [0.25, 0.3) is 0 Å². The Hall–Kier alpha value is -1.58. The van der Waals surface area contributed by atoms with Crippen LogP contribution in [0.15, 0.2) is 24.3 Å². The first-order valence-corrected chi connectivity index (χ1v) is 4.88. The van der Waals surface area contributed by atoms with Crippen molar-refractivity contribution in [3.63, 3.8) is 0 Å². The predicted octanol–water partition coefficient (Wildman–Crippen LogP) is 1.19. The van der Waals surface area contributed by atoms with E-state index in [1.807, 2.05) is 6.92 Å². The molecule has 0 rings (SSSR count). The number of nitrogens with one attached hydrogen (secondary N) is 1. The molecule has 0 spiro atoms. The van der Waals surface area contributed by atoms with Crippen LogP contribution >= 0.6 is 0 Å². The number of hydrogen-bond acceptors (Lipinski definition) is 3. The maximum Gasteiger partial charge on any atom is 0.328 e. The number of hydrogen-bond donors (Lipinski definition) is 1. The second kappa shape index (κ2) is 7.79. The number of rotatable bonds is 5. The van der Waals surface area contributed by atoms with Gasteiger partial charge in [-0.05, 0) is 20.8 Å². The van der Waals surface area contributed by atoms with Crippen molar-refractivity contribution in [2.75, 3.05) is 6.61 Å². The van der Waals surface area contributed by atoms with Crippen LogP contribution in [0.3, 0.4) is 0 Å². The lowest BCUT2D eigenvalue weighted by Gasteiger charge is -2.10. The van der Waals surface area contributed by atoms with Gasteiger partial charge in [-0.2, -0.15) is 0 Å². The molecule has 0 fully saturated rings. The Kier molecular flexibility index (Phi) is 6.97. The summed E-state index contributed by atoms with van der Waals surface area (Å²) in [6.45, 7) is 5.47. The number of ether oxygens (including phenoxy) is 1. The van der Waals surface area contributed by atoms with E-state index in [-0.39, 0.29) is 5.91 Å². The van der Waals surface area contributed by atoms with Crippen LogP contribution in [0.5, 0.6) is 0 Å². The number of carbonyl (C=O) groups is 2. The highest BCUT2D eigenvalue weighted by molar-refractivity contribution is 5.91. The van der Waals surface area contributed by atoms with Crippen molar-refractivity contribution in [3.8, 4) is 0 Å². The molecule has 4 nitrogen and oxygen atoms in total. The molecule has 1 atom stereocenters.